The van der Waals surface area contributed by atoms with E-state index in [4.69, 9.17) is 19.5 Å². The zero-order valence-electron chi connectivity index (χ0n) is 17.1. The van der Waals surface area contributed by atoms with Crippen LogP contribution in [-0.4, -0.2) is 69.0 Å². The molecule has 8 heteroatoms. The fourth-order valence-electron chi connectivity index (χ4n) is 3.16. The fourth-order valence-corrected chi connectivity index (χ4v) is 4.17. The molecular formula is C19H35IN4O2S. The second kappa shape index (κ2) is 13.7. The molecular weight excluding hydrogens is 475 g/mol. The standard InChI is InChI=1S/C19H34N4O2S.HI/c1-5-17-15(3)26-18(22-17)7-9-21-19(20-6-2)23-10-8-16(13-23)14-25-12-11-24-4;/h16H,5-14H2,1-4H3,(H,20,21);1H. The minimum absolute atomic E-state index is 0. The minimum atomic E-state index is 0. The van der Waals surface area contributed by atoms with Crippen molar-refractivity contribution in [2.45, 2.75) is 40.0 Å². The predicted octanol–water partition coefficient (Wildman–Crippen LogP) is 3.12. The van der Waals surface area contributed by atoms with Crippen LogP contribution in [0.1, 0.15) is 35.8 Å². The van der Waals surface area contributed by atoms with E-state index in [1.807, 2.05) is 11.3 Å². The molecule has 1 atom stereocenters. The fraction of sp³-hybridized carbons (Fsp3) is 0.789. The molecule has 2 rings (SSSR count). The molecule has 1 aromatic rings. The molecule has 1 aliphatic heterocycles. The lowest BCUT2D eigenvalue weighted by Crippen LogP contribution is -2.40. The van der Waals surface area contributed by atoms with Crippen LogP contribution in [0.3, 0.4) is 0 Å². The topological polar surface area (TPSA) is 59.0 Å². The highest BCUT2D eigenvalue weighted by Gasteiger charge is 2.24. The molecule has 2 heterocycles. The predicted molar refractivity (Wildman–Crippen MR) is 124 cm³/mol. The van der Waals surface area contributed by atoms with Gasteiger partial charge >= 0.3 is 0 Å². The van der Waals surface area contributed by atoms with E-state index in [0.29, 0.717) is 19.1 Å². The average molecular weight is 510 g/mol. The van der Waals surface area contributed by atoms with Gasteiger partial charge in [-0.25, -0.2) is 4.98 Å². The SMILES string of the molecule is CCNC(=NCCc1nc(CC)c(C)s1)N1CCC(COCCOC)C1.I. The number of hydrogen-bond donors (Lipinski definition) is 1. The number of guanidine groups is 1. The molecule has 27 heavy (non-hydrogen) atoms. The number of likely N-dealkylation sites (tertiary alicyclic amines) is 1. The Hall–Kier alpha value is -0.450. The van der Waals surface area contributed by atoms with E-state index in [9.17, 15) is 0 Å². The maximum absolute atomic E-state index is 5.69. The molecule has 0 aliphatic carbocycles. The van der Waals surface area contributed by atoms with Gasteiger partial charge in [-0.15, -0.1) is 35.3 Å². The number of ether oxygens (including phenoxy) is 2. The lowest BCUT2D eigenvalue weighted by molar-refractivity contribution is 0.0536. The number of aromatic nitrogens is 1. The van der Waals surface area contributed by atoms with E-state index in [0.717, 1.165) is 58.0 Å². The summed E-state index contributed by atoms with van der Waals surface area (Å²) in [6.45, 7) is 12.3. The number of aryl methyl sites for hydroxylation is 2. The number of rotatable bonds is 10. The number of thiazole rings is 1. The van der Waals surface area contributed by atoms with Gasteiger partial charge in [0.2, 0.25) is 0 Å². The van der Waals surface area contributed by atoms with E-state index >= 15 is 0 Å². The van der Waals surface area contributed by atoms with Crippen molar-refractivity contribution in [3.8, 4) is 0 Å². The number of halogens is 1. The second-order valence-corrected chi connectivity index (χ2v) is 7.91. The van der Waals surface area contributed by atoms with E-state index in [1.165, 1.54) is 15.6 Å². The van der Waals surface area contributed by atoms with Crippen LogP contribution >= 0.6 is 35.3 Å². The van der Waals surface area contributed by atoms with Gasteiger partial charge in [-0.05, 0) is 26.7 Å². The zero-order chi connectivity index (χ0) is 18.8. The van der Waals surface area contributed by atoms with Gasteiger partial charge in [0, 0.05) is 50.5 Å². The Morgan fingerprint density at radius 3 is 2.85 bits per heavy atom. The molecule has 156 valence electrons. The zero-order valence-corrected chi connectivity index (χ0v) is 20.3. The Morgan fingerprint density at radius 2 is 2.19 bits per heavy atom. The maximum Gasteiger partial charge on any atom is 0.193 e. The first-order chi connectivity index (χ1) is 12.7. The lowest BCUT2D eigenvalue weighted by Gasteiger charge is -2.21. The van der Waals surface area contributed by atoms with Gasteiger partial charge < -0.3 is 19.7 Å². The number of aliphatic imine (C=N–C) groups is 1. The third-order valence-electron chi connectivity index (χ3n) is 4.56. The van der Waals surface area contributed by atoms with Gasteiger partial charge in [0.05, 0.1) is 30.5 Å². The Labute approximate surface area is 185 Å². The van der Waals surface area contributed by atoms with Crippen molar-refractivity contribution in [2.24, 2.45) is 10.9 Å². The molecule has 1 N–H and O–H groups in total. The van der Waals surface area contributed by atoms with E-state index in [2.05, 4.69) is 31.0 Å². The first kappa shape index (κ1) is 24.6. The number of nitrogens with zero attached hydrogens (tertiary/aromatic N) is 3. The molecule has 0 saturated carbocycles. The van der Waals surface area contributed by atoms with Gasteiger partial charge in [0.15, 0.2) is 5.96 Å². The second-order valence-electron chi connectivity index (χ2n) is 6.62. The molecule has 6 nitrogen and oxygen atoms in total. The summed E-state index contributed by atoms with van der Waals surface area (Å²) in [6.07, 6.45) is 3.08. The van der Waals surface area contributed by atoms with E-state index in [-0.39, 0.29) is 24.0 Å². The third-order valence-corrected chi connectivity index (χ3v) is 5.64. The highest BCUT2D eigenvalue weighted by Crippen LogP contribution is 2.19. The van der Waals surface area contributed by atoms with Gasteiger partial charge in [-0.2, -0.15) is 0 Å². The van der Waals surface area contributed by atoms with Gasteiger partial charge in [-0.3, -0.25) is 4.99 Å². The molecule has 1 aromatic heterocycles. The van der Waals surface area contributed by atoms with Crippen LogP contribution < -0.4 is 5.32 Å². The smallest absolute Gasteiger partial charge is 0.193 e. The summed E-state index contributed by atoms with van der Waals surface area (Å²) in [6, 6.07) is 0. The lowest BCUT2D eigenvalue weighted by atomic mass is 10.1. The van der Waals surface area contributed by atoms with Crippen LogP contribution in [0.15, 0.2) is 4.99 Å². The van der Waals surface area contributed by atoms with Crippen molar-refractivity contribution < 1.29 is 9.47 Å². The highest BCUT2D eigenvalue weighted by molar-refractivity contribution is 14.0. The van der Waals surface area contributed by atoms with Crippen LogP contribution in [0, 0.1) is 12.8 Å². The molecule has 1 aliphatic rings. The number of methoxy groups -OCH3 is 1. The number of nitrogens with one attached hydrogen (secondary N) is 1. The van der Waals surface area contributed by atoms with Crippen molar-refractivity contribution in [3.63, 3.8) is 0 Å². The molecule has 0 bridgehead atoms. The van der Waals surface area contributed by atoms with Crippen molar-refractivity contribution in [2.75, 3.05) is 53.1 Å². The summed E-state index contributed by atoms with van der Waals surface area (Å²) in [4.78, 5) is 13.3. The summed E-state index contributed by atoms with van der Waals surface area (Å²) >= 11 is 1.81. The van der Waals surface area contributed by atoms with Crippen molar-refractivity contribution in [1.82, 2.24) is 15.2 Å². The van der Waals surface area contributed by atoms with Gasteiger partial charge in [-0.1, -0.05) is 6.92 Å². The van der Waals surface area contributed by atoms with Gasteiger partial charge in [0.1, 0.15) is 0 Å². The third kappa shape index (κ3) is 8.21. The Balaban J connectivity index is 0.00000364. The normalized spacial score (nSPS) is 17.3. The monoisotopic (exact) mass is 510 g/mol. The minimum Gasteiger partial charge on any atom is -0.382 e. The van der Waals surface area contributed by atoms with Crippen LogP contribution in [0.2, 0.25) is 0 Å². The van der Waals surface area contributed by atoms with Crippen LogP contribution in [0.5, 0.6) is 0 Å². The van der Waals surface area contributed by atoms with Crippen LogP contribution in [0.25, 0.3) is 0 Å². The van der Waals surface area contributed by atoms with E-state index in [1.54, 1.807) is 7.11 Å². The molecule has 1 fully saturated rings. The van der Waals surface area contributed by atoms with Crippen LogP contribution in [0.4, 0.5) is 0 Å². The Kier molecular flexibility index (Phi) is 12.5. The summed E-state index contributed by atoms with van der Waals surface area (Å²) in [5, 5.41) is 4.63. The Morgan fingerprint density at radius 1 is 1.37 bits per heavy atom. The molecule has 0 spiro atoms. The maximum atomic E-state index is 5.69. The molecule has 1 saturated heterocycles. The Bertz CT molecular complexity index is 568. The summed E-state index contributed by atoms with van der Waals surface area (Å²) in [5.41, 5.74) is 1.23. The molecule has 0 aromatic carbocycles. The number of hydrogen-bond acceptors (Lipinski definition) is 5. The summed E-state index contributed by atoms with van der Waals surface area (Å²) in [5.74, 6) is 1.60. The first-order valence-electron chi connectivity index (χ1n) is 9.73. The van der Waals surface area contributed by atoms with Crippen molar-refractivity contribution >= 4 is 41.3 Å². The molecule has 0 amide bonds. The molecule has 1 unspecified atom stereocenters. The first-order valence-corrected chi connectivity index (χ1v) is 10.5. The van der Waals surface area contributed by atoms with Crippen molar-refractivity contribution in [1.29, 1.82) is 0 Å². The highest BCUT2D eigenvalue weighted by atomic mass is 127. The summed E-state index contributed by atoms with van der Waals surface area (Å²) < 4.78 is 10.7. The average Bonchev–Trinajstić information content (AvgIpc) is 3.24. The van der Waals surface area contributed by atoms with Gasteiger partial charge in [0.25, 0.3) is 0 Å². The van der Waals surface area contributed by atoms with Crippen molar-refractivity contribution in [3.05, 3.63) is 15.6 Å². The summed E-state index contributed by atoms with van der Waals surface area (Å²) in [7, 11) is 1.70. The van der Waals surface area contributed by atoms with Crippen LogP contribution in [-0.2, 0) is 22.3 Å². The largest absolute Gasteiger partial charge is 0.382 e. The molecule has 0 radical (unpaired) electrons. The van der Waals surface area contributed by atoms with E-state index < -0.39 is 0 Å². The quantitative estimate of drug-likeness (QED) is 0.227.